The second-order valence-electron chi connectivity index (χ2n) is 8.08. The standard InChI is InChI=1S/C18H21Cl2F2NO2/c1-16(2,3)25-15(24)23-8-12-7-18(21,22)9-17(12,10-23)11-4-5-13(19)14(20)6-11/h4-6,12H,7-10H2,1-3H3/t12-,17+/m1/s1. The third-order valence-electron chi connectivity index (χ3n) is 4.96. The average molecular weight is 392 g/mol. The summed E-state index contributed by atoms with van der Waals surface area (Å²) in [6.07, 6.45) is -1.02. The number of hydrogen-bond donors (Lipinski definition) is 0. The number of amides is 1. The molecule has 0 aromatic heterocycles. The molecule has 1 aromatic carbocycles. The smallest absolute Gasteiger partial charge is 0.410 e. The molecule has 0 spiro atoms. The van der Waals surface area contributed by atoms with Gasteiger partial charge in [0, 0.05) is 31.3 Å². The van der Waals surface area contributed by atoms with Crippen LogP contribution in [-0.2, 0) is 10.2 Å². The monoisotopic (exact) mass is 391 g/mol. The van der Waals surface area contributed by atoms with Crippen LogP contribution in [0.3, 0.4) is 0 Å². The van der Waals surface area contributed by atoms with Gasteiger partial charge in [-0.2, -0.15) is 0 Å². The molecule has 1 saturated carbocycles. The van der Waals surface area contributed by atoms with Crippen molar-refractivity contribution < 1.29 is 18.3 Å². The maximum absolute atomic E-state index is 14.2. The van der Waals surface area contributed by atoms with E-state index in [1.165, 1.54) is 4.90 Å². The molecule has 1 aromatic rings. The van der Waals surface area contributed by atoms with Crippen LogP contribution in [0.5, 0.6) is 0 Å². The van der Waals surface area contributed by atoms with E-state index in [1.54, 1.807) is 39.0 Å². The van der Waals surface area contributed by atoms with Crippen LogP contribution in [0.25, 0.3) is 0 Å². The van der Waals surface area contributed by atoms with Crippen LogP contribution >= 0.6 is 23.2 Å². The quantitative estimate of drug-likeness (QED) is 0.629. The van der Waals surface area contributed by atoms with E-state index < -0.39 is 23.0 Å². The fourth-order valence-corrected chi connectivity index (χ4v) is 4.33. The van der Waals surface area contributed by atoms with Gasteiger partial charge in [-0.05, 0) is 44.4 Å². The van der Waals surface area contributed by atoms with Crippen LogP contribution < -0.4 is 0 Å². The molecule has 2 atom stereocenters. The number of fused-ring (bicyclic) bond motifs is 1. The summed E-state index contributed by atoms with van der Waals surface area (Å²) < 4.78 is 33.8. The molecule has 0 unspecified atom stereocenters. The molecule has 3 nitrogen and oxygen atoms in total. The molecule has 1 amide bonds. The Morgan fingerprint density at radius 2 is 1.96 bits per heavy atom. The number of nitrogens with zero attached hydrogens (tertiary/aromatic N) is 1. The Morgan fingerprint density at radius 1 is 1.28 bits per heavy atom. The van der Waals surface area contributed by atoms with Gasteiger partial charge in [0.1, 0.15) is 5.60 Å². The minimum Gasteiger partial charge on any atom is -0.444 e. The van der Waals surface area contributed by atoms with Crippen molar-refractivity contribution in [1.29, 1.82) is 0 Å². The Kier molecular flexibility index (Phi) is 4.48. The number of carbonyl (C=O) groups is 1. The predicted molar refractivity (Wildman–Crippen MR) is 93.6 cm³/mol. The van der Waals surface area contributed by atoms with Crippen LogP contribution in [0.4, 0.5) is 13.6 Å². The number of rotatable bonds is 1. The van der Waals surface area contributed by atoms with Crippen molar-refractivity contribution in [3.63, 3.8) is 0 Å². The Labute approximate surface area is 156 Å². The third kappa shape index (κ3) is 3.59. The van der Waals surface area contributed by atoms with E-state index in [0.717, 1.165) is 0 Å². The van der Waals surface area contributed by atoms with Gasteiger partial charge < -0.3 is 9.64 Å². The van der Waals surface area contributed by atoms with Gasteiger partial charge in [0.05, 0.1) is 10.0 Å². The molecule has 1 heterocycles. The fraction of sp³-hybridized carbons (Fsp3) is 0.611. The summed E-state index contributed by atoms with van der Waals surface area (Å²) in [6, 6.07) is 5.01. The van der Waals surface area contributed by atoms with E-state index in [-0.39, 0.29) is 31.8 Å². The van der Waals surface area contributed by atoms with Gasteiger partial charge in [0.15, 0.2) is 0 Å². The SMILES string of the molecule is CC(C)(C)OC(=O)N1C[C@H]2CC(F)(F)C[C@@]2(c2ccc(Cl)c(Cl)c2)C1. The number of likely N-dealkylation sites (tertiary alicyclic amines) is 1. The summed E-state index contributed by atoms with van der Waals surface area (Å²) in [5, 5.41) is 0.711. The lowest BCUT2D eigenvalue weighted by atomic mass is 9.74. The van der Waals surface area contributed by atoms with Crippen LogP contribution in [0.1, 0.15) is 39.2 Å². The van der Waals surface area contributed by atoms with Crippen molar-refractivity contribution in [2.45, 2.75) is 50.6 Å². The minimum atomic E-state index is -2.75. The Hall–Kier alpha value is -1.07. The first-order valence-electron chi connectivity index (χ1n) is 8.23. The lowest BCUT2D eigenvalue weighted by Gasteiger charge is -2.30. The van der Waals surface area contributed by atoms with Crippen molar-refractivity contribution in [3.8, 4) is 0 Å². The molecule has 7 heteroatoms. The normalized spacial score (nSPS) is 28.1. The van der Waals surface area contributed by atoms with Crippen molar-refractivity contribution >= 4 is 29.3 Å². The van der Waals surface area contributed by atoms with E-state index in [1.807, 2.05) is 0 Å². The van der Waals surface area contributed by atoms with E-state index in [2.05, 4.69) is 0 Å². The van der Waals surface area contributed by atoms with E-state index >= 15 is 0 Å². The number of alkyl halides is 2. The molecule has 138 valence electrons. The topological polar surface area (TPSA) is 29.5 Å². The van der Waals surface area contributed by atoms with Crippen LogP contribution in [0, 0.1) is 5.92 Å². The summed E-state index contributed by atoms with van der Waals surface area (Å²) in [5.41, 5.74) is -0.750. The van der Waals surface area contributed by atoms with Crippen LogP contribution in [-0.4, -0.2) is 35.6 Å². The van der Waals surface area contributed by atoms with Gasteiger partial charge in [-0.15, -0.1) is 0 Å². The number of hydrogen-bond acceptors (Lipinski definition) is 2. The van der Waals surface area contributed by atoms with Gasteiger partial charge in [0.25, 0.3) is 0 Å². The van der Waals surface area contributed by atoms with Gasteiger partial charge in [-0.3, -0.25) is 0 Å². The highest BCUT2D eigenvalue weighted by atomic mass is 35.5. The first kappa shape index (κ1) is 18.7. The highest BCUT2D eigenvalue weighted by molar-refractivity contribution is 6.42. The van der Waals surface area contributed by atoms with E-state index in [9.17, 15) is 13.6 Å². The molecular weight excluding hydrogens is 371 g/mol. The average Bonchev–Trinajstić information content (AvgIpc) is 2.90. The Balaban J connectivity index is 1.93. The van der Waals surface area contributed by atoms with Crippen molar-refractivity contribution in [3.05, 3.63) is 33.8 Å². The lowest BCUT2D eigenvalue weighted by molar-refractivity contribution is -0.00898. The highest BCUT2D eigenvalue weighted by Crippen LogP contribution is 2.56. The largest absolute Gasteiger partial charge is 0.444 e. The van der Waals surface area contributed by atoms with Crippen LogP contribution in [0.15, 0.2) is 18.2 Å². The maximum atomic E-state index is 14.2. The Morgan fingerprint density at radius 3 is 2.56 bits per heavy atom. The molecule has 3 rings (SSSR count). The summed E-state index contributed by atoms with van der Waals surface area (Å²) in [5.74, 6) is -3.09. The van der Waals surface area contributed by atoms with Gasteiger partial charge in [-0.1, -0.05) is 29.3 Å². The molecule has 0 radical (unpaired) electrons. The zero-order valence-electron chi connectivity index (χ0n) is 14.4. The van der Waals surface area contributed by atoms with Crippen molar-refractivity contribution in [2.75, 3.05) is 13.1 Å². The van der Waals surface area contributed by atoms with Crippen LogP contribution in [0.2, 0.25) is 10.0 Å². The molecule has 2 aliphatic rings. The molecule has 2 fully saturated rings. The van der Waals surface area contributed by atoms with Gasteiger partial charge in [0.2, 0.25) is 5.92 Å². The molecule has 0 N–H and O–H groups in total. The summed E-state index contributed by atoms with van der Waals surface area (Å²) >= 11 is 12.1. The predicted octanol–water partition coefficient (Wildman–Crippen LogP) is 5.53. The van der Waals surface area contributed by atoms with Gasteiger partial charge in [-0.25, -0.2) is 13.6 Å². The first-order valence-corrected chi connectivity index (χ1v) is 8.99. The van der Waals surface area contributed by atoms with E-state index in [0.29, 0.717) is 15.6 Å². The molecule has 1 aliphatic carbocycles. The number of ether oxygens (including phenoxy) is 1. The summed E-state index contributed by atoms with van der Waals surface area (Å²) in [6.45, 7) is 5.80. The second kappa shape index (κ2) is 5.98. The first-order chi connectivity index (χ1) is 11.4. The van der Waals surface area contributed by atoms with Gasteiger partial charge >= 0.3 is 6.09 Å². The van der Waals surface area contributed by atoms with E-state index in [4.69, 9.17) is 27.9 Å². The zero-order valence-corrected chi connectivity index (χ0v) is 15.9. The number of carbonyl (C=O) groups excluding carboxylic acids is 1. The van der Waals surface area contributed by atoms with Crippen molar-refractivity contribution in [2.24, 2.45) is 5.92 Å². The lowest BCUT2D eigenvalue weighted by Crippen LogP contribution is -2.39. The molecule has 0 bridgehead atoms. The molecule has 25 heavy (non-hydrogen) atoms. The highest BCUT2D eigenvalue weighted by Gasteiger charge is 2.61. The zero-order chi connectivity index (χ0) is 18.6. The summed E-state index contributed by atoms with van der Waals surface area (Å²) in [7, 11) is 0. The molecule has 1 saturated heterocycles. The molecule has 1 aliphatic heterocycles. The summed E-state index contributed by atoms with van der Waals surface area (Å²) in [4.78, 5) is 14.0. The number of benzene rings is 1. The van der Waals surface area contributed by atoms with Crippen molar-refractivity contribution in [1.82, 2.24) is 4.90 Å². The third-order valence-corrected chi connectivity index (χ3v) is 5.70. The second-order valence-corrected chi connectivity index (χ2v) is 8.89. The maximum Gasteiger partial charge on any atom is 0.410 e. The minimum absolute atomic E-state index is 0.195. The number of halogens is 4. The fourth-order valence-electron chi connectivity index (χ4n) is 4.03. The molecular formula is C18H21Cl2F2NO2. The Bertz CT molecular complexity index is 705.